The van der Waals surface area contributed by atoms with E-state index in [4.69, 9.17) is 33.0 Å². The Morgan fingerprint density at radius 2 is 1.97 bits per heavy atom. The lowest BCUT2D eigenvalue weighted by Gasteiger charge is -2.32. The third-order valence-electron chi connectivity index (χ3n) is 6.01. The summed E-state index contributed by atoms with van der Waals surface area (Å²) in [6.07, 6.45) is 6.85. The van der Waals surface area contributed by atoms with Crippen molar-refractivity contribution in [2.45, 2.75) is 18.9 Å². The molecule has 5 rings (SSSR count). The Labute approximate surface area is 207 Å². The smallest absolute Gasteiger partial charge is 0.246 e. The van der Waals surface area contributed by atoms with Gasteiger partial charge in [0.25, 0.3) is 0 Å². The van der Waals surface area contributed by atoms with Gasteiger partial charge in [0.15, 0.2) is 0 Å². The first kappa shape index (κ1) is 22.4. The Balaban J connectivity index is 1.46. The Kier molecular flexibility index (Phi) is 6.26. The molecule has 172 valence electrons. The van der Waals surface area contributed by atoms with E-state index in [0.29, 0.717) is 28.1 Å². The zero-order valence-corrected chi connectivity index (χ0v) is 19.8. The third-order valence-corrected chi connectivity index (χ3v) is 6.81. The van der Waals surface area contributed by atoms with Gasteiger partial charge in [-0.25, -0.2) is 0 Å². The summed E-state index contributed by atoms with van der Waals surface area (Å²) in [6.45, 7) is 4.97. The first-order valence-corrected chi connectivity index (χ1v) is 11.8. The lowest BCUT2D eigenvalue weighted by molar-refractivity contribution is -0.127. The molecule has 3 heterocycles. The van der Waals surface area contributed by atoms with Gasteiger partial charge in [0.2, 0.25) is 5.91 Å². The number of ether oxygens (including phenoxy) is 1. The van der Waals surface area contributed by atoms with Gasteiger partial charge < -0.3 is 9.64 Å². The number of aromatic nitrogens is 3. The number of carbonyl (C=O) groups is 1. The van der Waals surface area contributed by atoms with Crippen LogP contribution in [0.4, 0.5) is 0 Å². The maximum absolute atomic E-state index is 12.2. The second-order valence-electron chi connectivity index (χ2n) is 8.15. The maximum Gasteiger partial charge on any atom is 0.246 e. The van der Waals surface area contributed by atoms with Crippen molar-refractivity contribution >= 4 is 40.0 Å². The van der Waals surface area contributed by atoms with E-state index in [1.807, 2.05) is 46.1 Å². The summed E-state index contributed by atoms with van der Waals surface area (Å²) >= 11 is 12.3. The Hall–Kier alpha value is -3.35. The number of halogens is 2. The van der Waals surface area contributed by atoms with Crippen LogP contribution >= 0.6 is 23.2 Å². The summed E-state index contributed by atoms with van der Waals surface area (Å²) < 4.78 is 7.95. The number of amides is 1. The number of piperidine rings is 1. The summed E-state index contributed by atoms with van der Waals surface area (Å²) in [6, 6.07) is 15.0. The maximum atomic E-state index is 12.2. The summed E-state index contributed by atoms with van der Waals surface area (Å²) in [5.41, 5.74) is 2.77. The van der Waals surface area contributed by atoms with E-state index in [-0.39, 0.29) is 11.9 Å². The molecule has 1 amide bonds. The van der Waals surface area contributed by atoms with Crippen molar-refractivity contribution in [2.24, 2.45) is 0 Å². The van der Waals surface area contributed by atoms with E-state index in [2.05, 4.69) is 11.6 Å². The number of fused-ring (bicyclic) bond motifs is 1. The highest BCUT2D eigenvalue weighted by Crippen LogP contribution is 2.36. The van der Waals surface area contributed by atoms with Gasteiger partial charge in [-0.1, -0.05) is 35.8 Å². The molecule has 2 aromatic heterocycles. The Morgan fingerprint density at radius 3 is 2.76 bits per heavy atom. The minimum atomic E-state index is -0.0431. The predicted molar refractivity (Wildman–Crippen MR) is 135 cm³/mol. The van der Waals surface area contributed by atoms with Crippen molar-refractivity contribution in [3.63, 3.8) is 0 Å². The number of hydrogen-bond acceptors (Lipinski definition) is 4. The Morgan fingerprint density at radius 1 is 1.15 bits per heavy atom. The van der Waals surface area contributed by atoms with Gasteiger partial charge in [-0.15, -0.1) is 0 Å². The van der Waals surface area contributed by atoms with Crippen LogP contribution in [-0.2, 0) is 4.79 Å². The molecule has 0 bridgehead atoms. The molecule has 1 aliphatic rings. The number of carbonyl (C=O) groups excluding carboxylic acids is 1. The normalized spacial score (nSPS) is 15.9. The SMILES string of the molecule is C=CC(=O)N1CCC[C@H](n2nc(-c3ccc(Oc4cccc(Cl)c4Cl)cc3)c3cnccc32)C1. The highest BCUT2D eigenvalue weighted by Gasteiger charge is 2.26. The third kappa shape index (κ3) is 4.27. The van der Waals surface area contributed by atoms with E-state index in [9.17, 15) is 4.79 Å². The lowest BCUT2D eigenvalue weighted by atomic mass is 10.1. The fourth-order valence-electron chi connectivity index (χ4n) is 4.33. The number of benzene rings is 2. The monoisotopic (exact) mass is 492 g/mol. The molecule has 0 aliphatic carbocycles. The first-order valence-electron chi connectivity index (χ1n) is 11.0. The number of hydrogen-bond donors (Lipinski definition) is 0. The number of pyridine rings is 1. The van der Waals surface area contributed by atoms with E-state index < -0.39 is 0 Å². The first-order chi connectivity index (χ1) is 16.5. The van der Waals surface area contributed by atoms with Gasteiger partial charge in [-0.05, 0) is 61.4 Å². The fourth-order valence-corrected chi connectivity index (χ4v) is 4.66. The molecule has 8 heteroatoms. The summed E-state index contributed by atoms with van der Waals surface area (Å²) in [4.78, 5) is 18.3. The number of nitrogens with zero attached hydrogens (tertiary/aromatic N) is 4. The van der Waals surface area contributed by atoms with Crippen LogP contribution < -0.4 is 4.74 Å². The molecule has 1 aliphatic heterocycles. The summed E-state index contributed by atoms with van der Waals surface area (Å²) in [5.74, 6) is 1.09. The van der Waals surface area contributed by atoms with Crippen LogP contribution in [0.5, 0.6) is 11.5 Å². The van der Waals surface area contributed by atoms with E-state index in [1.54, 1.807) is 24.4 Å². The Bertz CT molecular complexity index is 1370. The van der Waals surface area contributed by atoms with Gasteiger partial charge in [0, 0.05) is 36.4 Å². The van der Waals surface area contributed by atoms with Gasteiger partial charge in [-0.3, -0.25) is 14.5 Å². The molecule has 0 spiro atoms. The topological polar surface area (TPSA) is 60.2 Å². The molecule has 34 heavy (non-hydrogen) atoms. The molecule has 0 radical (unpaired) electrons. The molecule has 4 aromatic rings. The minimum absolute atomic E-state index is 0.0431. The van der Waals surface area contributed by atoms with Crippen molar-refractivity contribution in [2.75, 3.05) is 13.1 Å². The van der Waals surface area contributed by atoms with Crippen LogP contribution in [0, 0.1) is 0 Å². The van der Waals surface area contributed by atoms with Crippen LogP contribution in [0.15, 0.2) is 73.6 Å². The number of likely N-dealkylation sites (tertiary alicyclic amines) is 1. The molecule has 0 saturated carbocycles. The molecule has 6 nitrogen and oxygen atoms in total. The molecular formula is C26H22Cl2N4O2. The summed E-state index contributed by atoms with van der Waals surface area (Å²) in [7, 11) is 0. The van der Waals surface area contributed by atoms with Gasteiger partial charge in [0.05, 0.1) is 16.6 Å². The van der Waals surface area contributed by atoms with E-state index >= 15 is 0 Å². The van der Waals surface area contributed by atoms with Gasteiger partial charge in [-0.2, -0.15) is 5.10 Å². The molecule has 2 aromatic carbocycles. The molecule has 0 N–H and O–H groups in total. The molecule has 1 saturated heterocycles. The average Bonchev–Trinajstić information content (AvgIpc) is 3.27. The zero-order chi connectivity index (χ0) is 23.7. The molecule has 0 unspecified atom stereocenters. The molecular weight excluding hydrogens is 471 g/mol. The number of rotatable bonds is 5. The second-order valence-corrected chi connectivity index (χ2v) is 8.93. The average molecular weight is 493 g/mol. The zero-order valence-electron chi connectivity index (χ0n) is 18.3. The highest BCUT2D eigenvalue weighted by molar-refractivity contribution is 6.42. The van der Waals surface area contributed by atoms with Gasteiger partial charge in [0.1, 0.15) is 22.2 Å². The van der Waals surface area contributed by atoms with Crippen LogP contribution in [-0.4, -0.2) is 38.7 Å². The van der Waals surface area contributed by atoms with Crippen molar-refractivity contribution in [3.05, 3.63) is 83.6 Å². The van der Waals surface area contributed by atoms with Crippen molar-refractivity contribution in [1.29, 1.82) is 0 Å². The standard InChI is InChI=1S/C26H22Cl2N4O2/c1-2-24(33)31-14-4-5-18(16-31)32-22-12-13-29-15-20(22)26(30-32)17-8-10-19(11-9-17)34-23-7-3-6-21(27)25(23)28/h2-3,6-13,15,18H,1,4-5,14,16H2/t18-/m0/s1. The van der Waals surface area contributed by atoms with Crippen LogP contribution in [0.3, 0.4) is 0 Å². The fraction of sp³-hybridized carbons (Fsp3) is 0.192. The minimum Gasteiger partial charge on any atom is -0.456 e. The predicted octanol–water partition coefficient (Wildman–Crippen LogP) is 6.55. The van der Waals surface area contributed by atoms with Crippen LogP contribution in [0.1, 0.15) is 18.9 Å². The lowest BCUT2D eigenvalue weighted by Crippen LogP contribution is -2.40. The summed E-state index contributed by atoms with van der Waals surface area (Å²) in [5, 5.41) is 6.75. The van der Waals surface area contributed by atoms with Crippen molar-refractivity contribution in [1.82, 2.24) is 19.7 Å². The second kappa shape index (κ2) is 9.49. The van der Waals surface area contributed by atoms with E-state index in [1.165, 1.54) is 6.08 Å². The highest BCUT2D eigenvalue weighted by atomic mass is 35.5. The van der Waals surface area contributed by atoms with E-state index in [0.717, 1.165) is 41.5 Å². The van der Waals surface area contributed by atoms with Crippen molar-refractivity contribution < 1.29 is 9.53 Å². The quantitative estimate of drug-likeness (QED) is 0.296. The van der Waals surface area contributed by atoms with Crippen LogP contribution in [0.25, 0.3) is 22.2 Å². The molecule has 1 atom stereocenters. The largest absolute Gasteiger partial charge is 0.456 e. The van der Waals surface area contributed by atoms with Crippen molar-refractivity contribution in [3.8, 4) is 22.8 Å². The van der Waals surface area contributed by atoms with Gasteiger partial charge >= 0.3 is 0 Å². The van der Waals surface area contributed by atoms with Crippen LogP contribution in [0.2, 0.25) is 10.0 Å². The molecule has 1 fully saturated rings.